The fraction of sp³-hybridized carbons (Fsp3) is 0.300. The van der Waals surface area contributed by atoms with Gasteiger partial charge in [-0.15, -0.1) is 4.37 Å². The van der Waals surface area contributed by atoms with Gasteiger partial charge in [-0.05, 0) is 26.0 Å². The lowest BCUT2D eigenvalue weighted by Crippen LogP contribution is -2.06. The summed E-state index contributed by atoms with van der Waals surface area (Å²) in [5.74, 6) is 0.586. The maximum atomic E-state index is 5.55. The number of pyridine rings is 1. The molecule has 0 saturated heterocycles. The molecule has 0 amide bonds. The summed E-state index contributed by atoms with van der Waals surface area (Å²) in [6, 6.07) is 3.81. The van der Waals surface area contributed by atoms with Gasteiger partial charge in [-0.25, -0.2) is 0 Å². The van der Waals surface area contributed by atoms with E-state index >= 15 is 0 Å². The van der Waals surface area contributed by atoms with Crippen LogP contribution < -0.4 is 4.74 Å². The molecular formula is C10H11N3OS. The minimum Gasteiger partial charge on any atom is -0.473 e. The molecule has 0 radical (unpaired) electrons. The molecule has 0 aliphatic rings. The topological polar surface area (TPSA) is 47.9 Å². The van der Waals surface area contributed by atoms with Gasteiger partial charge in [0.2, 0.25) is 0 Å². The Balaban J connectivity index is 2.33. The van der Waals surface area contributed by atoms with E-state index < -0.39 is 0 Å². The van der Waals surface area contributed by atoms with Gasteiger partial charge in [-0.3, -0.25) is 4.98 Å². The summed E-state index contributed by atoms with van der Waals surface area (Å²) in [6.45, 7) is 3.93. The van der Waals surface area contributed by atoms with Crippen LogP contribution in [0.3, 0.4) is 0 Å². The second-order valence-electron chi connectivity index (χ2n) is 3.33. The van der Waals surface area contributed by atoms with Gasteiger partial charge in [-0.2, -0.15) is 4.37 Å². The summed E-state index contributed by atoms with van der Waals surface area (Å²) in [7, 11) is 0. The van der Waals surface area contributed by atoms with E-state index in [0.29, 0.717) is 5.88 Å². The summed E-state index contributed by atoms with van der Waals surface area (Å²) in [6.07, 6.45) is 3.58. The van der Waals surface area contributed by atoms with Gasteiger partial charge in [0.25, 0.3) is 5.88 Å². The summed E-state index contributed by atoms with van der Waals surface area (Å²) < 4.78 is 13.9. The molecule has 2 rings (SSSR count). The highest BCUT2D eigenvalue weighted by Crippen LogP contribution is 2.27. The van der Waals surface area contributed by atoms with Crippen molar-refractivity contribution in [2.24, 2.45) is 0 Å². The van der Waals surface area contributed by atoms with Crippen LogP contribution in [-0.4, -0.2) is 19.8 Å². The fourth-order valence-electron chi connectivity index (χ4n) is 1.16. The molecule has 2 aromatic heterocycles. The Bertz CT molecular complexity index is 427. The molecule has 0 N–H and O–H groups in total. The number of ether oxygens (including phenoxy) is 1. The van der Waals surface area contributed by atoms with Gasteiger partial charge in [0, 0.05) is 18.0 Å². The van der Waals surface area contributed by atoms with Crippen LogP contribution in [0.4, 0.5) is 0 Å². The smallest absolute Gasteiger partial charge is 0.254 e. The molecule has 0 fully saturated rings. The molecule has 4 nitrogen and oxygen atoms in total. The zero-order valence-electron chi connectivity index (χ0n) is 8.54. The molecule has 0 saturated carbocycles. The molecular weight excluding hydrogens is 210 g/mol. The molecule has 15 heavy (non-hydrogen) atoms. The van der Waals surface area contributed by atoms with Crippen molar-refractivity contribution in [3.63, 3.8) is 0 Å². The van der Waals surface area contributed by atoms with E-state index in [0.717, 1.165) is 23.0 Å². The summed E-state index contributed by atoms with van der Waals surface area (Å²) in [5, 5.41) is 0. The van der Waals surface area contributed by atoms with E-state index in [2.05, 4.69) is 13.7 Å². The Kier molecular flexibility index (Phi) is 2.91. The van der Waals surface area contributed by atoms with Crippen LogP contribution >= 0.6 is 11.7 Å². The van der Waals surface area contributed by atoms with Crippen LogP contribution in [-0.2, 0) is 0 Å². The van der Waals surface area contributed by atoms with Crippen molar-refractivity contribution >= 4 is 11.7 Å². The first-order valence-corrected chi connectivity index (χ1v) is 5.40. The fourth-order valence-corrected chi connectivity index (χ4v) is 1.67. The van der Waals surface area contributed by atoms with Crippen LogP contribution in [0, 0.1) is 0 Å². The molecule has 0 aromatic carbocycles. The van der Waals surface area contributed by atoms with Crippen LogP contribution in [0.25, 0.3) is 11.3 Å². The number of hydrogen-bond acceptors (Lipinski definition) is 5. The van der Waals surface area contributed by atoms with E-state index in [-0.39, 0.29) is 6.10 Å². The van der Waals surface area contributed by atoms with Crippen molar-refractivity contribution in [2.45, 2.75) is 20.0 Å². The van der Waals surface area contributed by atoms with Gasteiger partial charge in [0.1, 0.15) is 5.69 Å². The number of rotatable bonds is 3. The maximum absolute atomic E-state index is 5.55. The second kappa shape index (κ2) is 4.35. The predicted octanol–water partition coefficient (Wildman–Crippen LogP) is 2.39. The van der Waals surface area contributed by atoms with Crippen molar-refractivity contribution < 1.29 is 4.74 Å². The van der Waals surface area contributed by atoms with Crippen molar-refractivity contribution in [2.75, 3.05) is 0 Å². The lowest BCUT2D eigenvalue weighted by Gasteiger charge is -2.07. The third-order valence-electron chi connectivity index (χ3n) is 1.74. The van der Waals surface area contributed by atoms with E-state index in [1.165, 1.54) is 0 Å². The Morgan fingerprint density at radius 1 is 1.33 bits per heavy atom. The SMILES string of the molecule is CC(C)Oc1nsnc1-c1cccnc1. The zero-order valence-corrected chi connectivity index (χ0v) is 9.36. The molecule has 5 heteroatoms. The van der Waals surface area contributed by atoms with Gasteiger partial charge in [0.15, 0.2) is 0 Å². The van der Waals surface area contributed by atoms with Crippen molar-refractivity contribution in [1.82, 2.24) is 13.7 Å². The van der Waals surface area contributed by atoms with E-state index in [9.17, 15) is 0 Å². The van der Waals surface area contributed by atoms with Crippen LogP contribution in [0.5, 0.6) is 5.88 Å². The quantitative estimate of drug-likeness (QED) is 0.798. The Morgan fingerprint density at radius 2 is 2.20 bits per heavy atom. The molecule has 78 valence electrons. The first kappa shape index (κ1) is 10.0. The van der Waals surface area contributed by atoms with E-state index in [1.54, 1.807) is 12.4 Å². The lowest BCUT2D eigenvalue weighted by molar-refractivity contribution is 0.236. The summed E-state index contributed by atoms with van der Waals surface area (Å²) in [4.78, 5) is 4.04. The van der Waals surface area contributed by atoms with Gasteiger partial charge in [-0.1, -0.05) is 0 Å². The van der Waals surface area contributed by atoms with Crippen molar-refractivity contribution in [3.8, 4) is 17.1 Å². The highest BCUT2D eigenvalue weighted by Gasteiger charge is 2.12. The zero-order chi connectivity index (χ0) is 10.7. The number of nitrogens with zero attached hydrogens (tertiary/aromatic N) is 3. The molecule has 2 aromatic rings. The standard InChI is InChI=1S/C10H11N3OS/c1-7(2)14-10-9(12-15-13-10)8-4-3-5-11-6-8/h3-7H,1-2H3. The largest absolute Gasteiger partial charge is 0.473 e. The van der Waals surface area contributed by atoms with Crippen LogP contribution in [0.15, 0.2) is 24.5 Å². The summed E-state index contributed by atoms with van der Waals surface area (Å²) >= 11 is 1.15. The van der Waals surface area contributed by atoms with E-state index in [4.69, 9.17) is 4.74 Å². The first-order valence-electron chi connectivity index (χ1n) is 4.67. The molecule has 0 unspecified atom stereocenters. The second-order valence-corrected chi connectivity index (χ2v) is 3.85. The predicted molar refractivity (Wildman–Crippen MR) is 58.9 cm³/mol. The number of aromatic nitrogens is 3. The number of hydrogen-bond donors (Lipinski definition) is 0. The minimum absolute atomic E-state index is 0.101. The molecule has 0 spiro atoms. The Hall–Kier alpha value is -1.49. The lowest BCUT2D eigenvalue weighted by atomic mass is 10.2. The van der Waals surface area contributed by atoms with Crippen LogP contribution in [0.2, 0.25) is 0 Å². The third kappa shape index (κ3) is 2.30. The maximum Gasteiger partial charge on any atom is 0.254 e. The molecule has 0 atom stereocenters. The van der Waals surface area contributed by atoms with Crippen LogP contribution in [0.1, 0.15) is 13.8 Å². The van der Waals surface area contributed by atoms with Gasteiger partial charge < -0.3 is 4.74 Å². The first-order chi connectivity index (χ1) is 7.27. The molecule has 0 aliphatic carbocycles. The average molecular weight is 221 g/mol. The Morgan fingerprint density at radius 3 is 2.87 bits per heavy atom. The average Bonchev–Trinajstić information content (AvgIpc) is 2.66. The highest BCUT2D eigenvalue weighted by atomic mass is 32.1. The normalized spacial score (nSPS) is 10.6. The summed E-state index contributed by atoms with van der Waals surface area (Å²) in [5.41, 5.74) is 1.70. The van der Waals surface area contributed by atoms with Crippen molar-refractivity contribution in [3.05, 3.63) is 24.5 Å². The molecule has 0 bridgehead atoms. The Labute approximate surface area is 92.3 Å². The monoisotopic (exact) mass is 221 g/mol. The third-order valence-corrected chi connectivity index (χ3v) is 2.25. The molecule has 2 heterocycles. The van der Waals surface area contributed by atoms with Crippen molar-refractivity contribution in [1.29, 1.82) is 0 Å². The van der Waals surface area contributed by atoms with Gasteiger partial charge >= 0.3 is 0 Å². The van der Waals surface area contributed by atoms with Gasteiger partial charge in [0.05, 0.1) is 17.8 Å². The minimum atomic E-state index is 0.101. The molecule has 0 aliphatic heterocycles. The highest BCUT2D eigenvalue weighted by molar-refractivity contribution is 6.99. The van der Waals surface area contributed by atoms with E-state index in [1.807, 2.05) is 26.0 Å².